The van der Waals surface area contributed by atoms with Crippen LogP contribution in [0.1, 0.15) is 31.4 Å². The van der Waals surface area contributed by atoms with Gasteiger partial charge in [0.1, 0.15) is 6.61 Å². The van der Waals surface area contributed by atoms with Crippen LogP contribution in [0.25, 0.3) is 5.69 Å². The number of aromatic nitrogens is 2. The van der Waals surface area contributed by atoms with Crippen molar-refractivity contribution in [2.75, 3.05) is 19.8 Å². The molecular weight excluding hydrogens is 306 g/mol. The van der Waals surface area contributed by atoms with Crippen LogP contribution in [0.2, 0.25) is 0 Å². The zero-order chi connectivity index (χ0) is 16.8. The van der Waals surface area contributed by atoms with Gasteiger partial charge in [0.2, 0.25) is 5.91 Å². The molecule has 3 rings (SSSR count). The molecule has 1 aromatic heterocycles. The van der Waals surface area contributed by atoms with E-state index in [4.69, 9.17) is 9.47 Å². The monoisotopic (exact) mass is 329 g/mol. The van der Waals surface area contributed by atoms with Gasteiger partial charge in [-0.3, -0.25) is 4.79 Å². The lowest BCUT2D eigenvalue weighted by atomic mass is 10.1. The van der Waals surface area contributed by atoms with E-state index in [9.17, 15) is 4.79 Å². The average Bonchev–Trinajstić information content (AvgIpc) is 3.29. The second-order valence-electron chi connectivity index (χ2n) is 6.00. The maximum absolute atomic E-state index is 12.0. The van der Waals surface area contributed by atoms with Crippen molar-refractivity contribution in [1.29, 1.82) is 0 Å². The van der Waals surface area contributed by atoms with Crippen molar-refractivity contribution < 1.29 is 14.3 Å². The third kappa shape index (κ3) is 4.43. The summed E-state index contributed by atoms with van der Waals surface area (Å²) in [4.78, 5) is 16.1. The number of carbonyl (C=O) groups is 1. The van der Waals surface area contributed by atoms with Gasteiger partial charge in [-0.2, -0.15) is 0 Å². The van der Waals surface area contributed by atoms with E-state index in [2.05, 4.69) is 10.3 Å². The molecule has 1 aromatic carbocycles. The molecule has 2 atom stereocenters. The van der Waals surface area contributed by atoms with E-state index >= 15 is 0 Å². The summed E-state index contributed by atoms with van der Waals surface area (Å²) in [7, 11) is 0. The summed E-state index contributed by atoms with van der Waals surface area (Å²) in [5.74, 6) is -0.117. The van der Waals surface area contributed by atoms with Gasteiger partial charge < -0.3 is 19.4 Å². The summed E-state index contributed by atoms with van der Waals surface area (Å²) in [5, 5.41) is 2.96. The highest BCUT2D eigenvalue weighted by atomic mass is 16.5. The van der Waals surface area contributed by atoms with E-state index in [-0.39, 0.29) is 24.7 Å². The summed E-state index contributed by atoms with van der Waals surface area (Å²) < 4.78 is 12.9. The minimum Gasteiger partial charge on any atom is -0.376 e. The van der Waals surface area contributed by atoms with Crippen molar-refractivity contribution in [2.45, 2.75) is 31.9 Å². The van der Waals surface area contributed by atoms with Crippen LogP contribution >= 0.6 is 0 Å². The van der Waals surface area contributed by atoms with Crippen molar-refractivity contribution >= 4 is 5.91 Å². The highest BCUT2D eigenvalue weighted by molar-refractivity contribution is 5.77. The predicted molar refractivity (Wildman–Crippen MR) is 89.9 cm³/mol. The van der Waals surface area contributed by atoms with Crippen LogP contribution in [0.15, 0.2) is 43.0 Å². The van der Waals surface area contributed by atoms with Crippen LogP contribution in [-0.2, 0) is 14.3 Å². The maximum atomic E-state index is 12.0. The number of benzene rings is 1. The number of amides is 1. The van der Waals surface area contributed by atoms with Gasteiger partial charge >= 0.3 is 0 Å². The van der Waals surface area contributed by atoms with Crippen molar-refractivity contribution in [2.24, 2.45) is 0 Å². The Labute approximate surface area is 141 Å². The molecule has 2 aromatic rings. The molecule has 128 valence electrons. The van der Waals surface area contributed by atoms with Gasteiger partial charge in [0.15, 0.2) is 0 Å². The molecular formula is C18H23N3O3. The first-order valence-corrected chi connectivity index (χ1v) is 8.29. The van der Waals surface area contributed by atoms with Crippen LogP contribution in [0.5, 0.6) is 0 Å². The Morgan fingerprint density at radius 2 is 2.46 bits per heavy atom. The topological polar surface area (TPSA) is 65.4 Å². The Hall–Kier alpha value is -2.18. The number of rotatable bonds is 7. The third-order valence-electron chi connectivity index (χ3n) is 4.11. The highest BCUT2D eigenvalue weighted by Crippen LogP contribution is 2.17. The van der Waals surface area contributed by atoms with Crippen LogP contribution in [0.4, 0.5) is 0 Å². The number of ether oxygens (including phenoxy) is 2. The summed E-state index contributed by atoms with van der Waals surface area (Å²) in [6.45, 7) is 3.30. The molecule has 1 N–H and O–H groups in total. The van der Waals surface area contributed by atoms with E-state index < -0.39 is 0 Å². The van der Waals surface area contributed by atoms with Gasteiger partial charge in [-0.15, -0.1) is 0 Å². The number of hydrogen-bond donors (Lipinski definition) is 1. The Kier molecular flexibility index (Phi) is 5.61. The van der Waals surface area contributed by atoms with Crippen molar-refractivity contribution in [3.8, 4) is 5.69 Å². The fraction of sp³-hybridized carbons (Fsp3) is 0.444. The maximum Gasteiger partial charge on any atom is 0.246 e. The number of carbonyl (C=O) groups excluding carboxylic acids is 1. The van der Waals surface area contributed by atoms with Gasteiger partial charge in [0.05, 0.1) is 25.1 Å². The van der Waals surface area contributed by atoms with E-state index in [1.54, 1.807) is 12.5 Å². The second-order valence-corrected chi connectivity index (χ2v) is 6.00. The standard InChI is InChI=1S/C18H23N3O3/c1-14(20-18(22)12-23-11-17-6-3-9-24-17)15-4-2-5-16(10-15)21-8-7-19-13-21/h2,4-5,7-8,10,13-14,17H,3,6,9,11-12H2,1H3,(H,20,22)/t14-,17-/m1/s1. The molecule has 6 heteroatoms. The fourth-order valence-corrected chi connectivity index (χ4v) is 2.79. The SMILES string of the molecule is C[C@@H](NC(=O)COC[C@H]1CCCO1)c1cccc(-n2ccnc2)c1. The van der Waals surface area contributed by atoms with Crippen LogP contribution < -0.4 is 5.32 Å². The summed E-state index contributed by atoms with van der Waals surface area (Å²) in [6.07, 6.45) is 7.61. The summed E-state index contributed by atoms with van der Waals surface area (Å²) in [6, 6.07) is 7.93. The normalized spacial score (nSPS) is 18.5. The van der Waals surface area contributed by atoms with E-state index in [0.29, 0.717) is 6.61 Å². The van der Waals surface area contributed by atoms with E-state index in [1.807, 2.05) is 42.0 Å². The first-order valence-electron chi connectivity index (χ1n) is 8.29. The molecule has 6 nitrogen and oxygen atoms in total. The van der Waals surface area contributed by atoms with Gasteiger partial charge in [0, 0.05) is 24.7 Å². The first-order chi connectivity index (χ1) is 11.7. The molecule has 0 unspecified atom stereocenters. The Morgan fingerprint density at radius 1 is 1.54 bits per heavy atom. The lowest BCUT2D eigenvalue weighted by Gasteiger charge is -2.16. The molecule has 0 spiro atoms. The van der Waals surface area contributed by atoms with Gasteiger partial charge in [-0.05, 0) is 37.5 Å². The average molecular weight is 329 g/mol. The molecule has 0 radical (unpaired) electrons. The Balaban J connectivity index is 1.49. The zero-order valence-corrected chi connectivity index (χ0v) is 13.9. The zero-order valence-electron chi connectivity index (χ0n) is 13.9. The fourth-order valence-electron chi connectivity index (χ4n) is 2.79. The molecule has 1 aliphatic rings. The number of imidazole rings is 1. The van der Waals surface area contributed by atoms with Gasteiger partial charge in [0.25, 0.3) is 0 Å². The second kappa shape index (κ2) is 8.08. The molecule has 1 aliphatic heterocycles. The number of nitrogens with one attached hydrogen (secondary N) is 1. The van der Waals surface area contributed by atoms with Gasteiger partial charge in [-0.1, -0.05) is 12.1 Å². The van der Waals surface area contributed by atoms with Crippen LogP contribution in [0, 0.1) is 0 Å². The van der Waals surface area contributed by atoms with Crippen molar-refractivity contribution in [1.82, 2.24) is 14.9 Å². The molecule has 0 bridgehead atoms. The lowest BCUT2D eigenvalue weighted by Crippen LogP contribution is -2.31. The molecule has 1 fully saturated rings. The first kappa shape index (κ1) is 16.7. The number of nitrogens with zero attached hydrogens (tertiary/aromatic N) is 2. The van der Waals surface area contributed by atoms with Crippen LogP contribution in [-0.4, -0.2) is 41.4 Å². The molecule has 1 amide bonds. The number of hydrogen-bond acceptors (Lipinski definition) is 4. The summed E-state index contributed by atoms with van der Waals surface area (Å²) >= 11 is 0. The molecule has 24 heavy (non-hydrogen) atoms. The molecule has 0 aliphatic carbocycles. The predicted octanol–water partition coefficient (Wildman–Crippen LogP) is 2.25. The Bertz CT molecular complexity index is 651. The van der Waals surface area contributed by atoms with Crippen LogP contribution in [0.3, 0.4) is 0 Å². The third-order valence-corrected chi connectivity index (χ3v) is 4.11. The molecule has 2 heterocycles. The summed E-state index contributed by atoms with van der Waals surface area (Å²) in [5.41, 5.74) is 2.05. The van der Waals surface area contributed by atoms with Gasteiger partial charge in [-0.25, -0.2) is 4.98 Å². The molecule has 0 saturated carbocycles. The van der Waals surface area contributed by atoms with E-state index in [1.165, 1.54) is 0 Å². The van der Waals surface area contributed by atoms with E-state index in [0.717, 1.165) is 30.7 Å². The minimum atomic E-state index is -0.117. The largest absolute Gasteiger partial charge is 0.376 e. The molecule has 1 saturated heterocycles. The quantitative estimate of drug-likeness (QED) is 0.846. The highest BCUT2D eigenvalue weighted by Gasteiger charge is 2.16. The lowest BCUT2D eigenvalue weighted by molar-refractivity contribution is -0.127. The Morgan fingerprint density at radius 3 is 3.21 bits per heavy atom. The minimum absolute atomic E-state index is 0.0609. The van der Waals surface area contributed by atoms with Crippen molar-refractivity contribution in [3.05, 3.63) is 48.5 Å². The smallest absolute Gasteiger partial charge is 0.246 e. The van der Waals surface area contributed by atoms with Crippen molar-refractivity contribution in [3.63, 3.8) is 0 Å².